The zero-order chi connectivity index (χ0) is 11.3. The maximum Gasteiger partial charge on any atom is 0.0686 e. The van der Waals surface area contributed by atoms with Crippen LogP contribution < -0.4 is 5.32 Å². The summed E-state index contributed by atoms with van der Waals surface area (Å²) in [6, 6.07) is 2.02. The first-order valence-corrected chi connectivity index (χ1v) is 6.35. The summed E-state index contributed by atoms with van der Waals surface area (Å²) in [7, 11) is 4.05. The lowest BCUT2D eigenvalue weighted by atomic mass is 10.3. The van der Waals surface area contributed by atoms with E-state index in [9.17, 15) is 0 Å². The summed E-state index contributed by atoms with van der Waals surface area (Å²) < 4.78 is 2.05. The van der Waals surface area contributed by atoms with E-state index in [4.69, 9.17) is 0 Å². The van der Waals surface area contributed by atoms with Crippen LogP contribution in [0.2, 0.25) is 0 Å². The van der Waals surface area contributed by atoms with Crippen LogP contribution in [0, 0.1) is 0 Å². The fraction of sp³-hybridized carbons (Fsp3) is 0.500. The van der Waals surface area contributed by atoms with Crippen molar-refractivity contribution in [2.24, 2.45) is 0 Å². The lowest BCUT2D eigenvalue weighted by Gasteiger charge is -2.16. The highest BCUT2D eigenvalue weighted by Crippen LogP contribution is 2.20. The molecule has 0 aliphatic carbocycles. The second-order valence-corrected chi connectivity index (χ2v) is 5.19. The Morgan fingerprint density at radius 1 is 1.44 bits per heavy atom. The van der Waals surface area contributed by atoms with Crippen LogP contribution in [0.25, 0.3) is 0 Å². The van der Waals surface area contributed by atoms with Gasteiger partial charge in [-0.2, -0.15) is 0 Å². The molecule has 3 nitrogen and oxygen atoms in total. The van der Waals surface area contributed by atoms with Gasteiger partial charge in [0.25, 0.3) is 0 Å². The number of rotatable bonds is 5. The molecule has 0 saturated heterocycles. The quantitative estimate of drug-likeness (QED) is 0.860. The summed E-state index contributed by atoms with van der Waals surface area (Å²) in [5.74, 6) is 0. The Labute approximate surface area is 120 Å². The standard InChI is InChI=1S/C10H15Br2N3.ClH/c1-13-3-4-15(2)7-10-9(12)5-8(11)6-14-10;/h5-6,13H,3-4,7H2,1-2H3;1H. The molecule has 0 aliphatic rings. The minimum absolute atomic E-state index is 0. The third kappa shape index (κ3) is 5.59. The third-order valence-corrected chi connectivity index (χ3v) is 3.17. The fourth-order valence-electron chi connectivity index (χ4n) is 1.20. The summed E-state index contributed by atoms with van der Waals surface area (Å²) in [4.78, 5) is 6.60. The van der Waals surface area contributed by atoms with E-state index < -0.39 is 0 Å². The molecule has 0 spiro atoms. The molecule has 0 fully saturated rings. The van der Waals surface area contributed by atoms with Gasteiger partial charge in [0.1, 0.15) is 0 Å². The normalized spacial score (nSPS) is 10.3. The minimum atomic E-state index is 0. The molecule has 1 aromatic rings. The Morgan fingerprint density at radius 3 is 2.69 bits per heavy atom. The fourth-order valence-corrected chi connectivity index (χ4v) is 2.31. The molecule has 0 amide bonds. The van der Waals surface area contributed by atoms with E-state index in [0.717, 1.165) is 34.3 Å². The van der Waals surface area contributed by atoms with Crippen molar-refractivity contribution in [2.75, 3.05) is 27.2 Å². The molecule has 1 aromatic heterocycles. The van der Waals surface area contributed by atoms with Gasteiger partial charge in [0.05, 0.1) is 5.69 Å². The molecule has 0 unspecified atom stereocenters. The highest BCUT2D eigenvalue weighted by atomic mass is 79.9. The van der Waals surface area contributed by atoms with Crippen molar-refractivity contribution < 1.29 is 0 Å². The molecule has 16 heavy (non-hydrogen) atoms. The lowest BCUT2D eigenvalue weighted by molar-refractivity contribution is 0.323. The predicted molar refractivity (Wildman–Crippen MR) is 77.1 cm³/mol. The molecule has 1 heterocycles. The summed E-state index contributed by atoms with van der Waals surface area (Å²) in [5, 5.41) is 3.13. The van der Waals surface area contributed by atoms with Crippen LogP contribution in [0.15, 0.2) is 21.2 Å². The second-order valence-electron chi connectivity index (χ2n) is 3.42. The van der Waals surface area contributed by atoms with Gasteiger partial charge in [0, 0.05) is 34.8 Å². The number of pyridine rings is 1. The molecule has 1 N–H and O–H groups in total. The van der Waals surface area contributed by atoms with Gasteiger partial charge >= 0.3 is 0 Å². The van der Waals surface area contributed by atoms with Crippen molar-refractivity contribution >= 4 is 44.3 Å². The first-order chi connectivity index (χ1) is 7.13. The minimum Gasteiger partial charge on any atom is -0.318 e. The summed E-state index contributed by atoms with van der Waals surface area (Å²) in [5.41, 5.74) is 1.07. The van der Waals surface area contributed by atoms with Gasteiger partial charge in [-0.25, -0.2) is 0 Å². The Bertz CT molecular complexity index is 323. The van der Waals surface area contributed by atoms with Gasteiger partial charge in [-0.05, 0) is 52.0 Å². The molecule has 0 bridgehead atoms. The van der Waals surface area contributed by atoms with Gasteiger partial charge < -0.3 is 5.32 Å². The Morgan fingerprint density at radius 2 is 2.12 bits per heavy atom. The van der Waals surface area contributed by atoms with Gasteiger partial charge in [0.2, 0.25) is 0 Å². The van der Waals surface area contributed by atoms with Crippen molar-refractivity contribution in [3.63, 3.8) is 0 Å². The molecule has 92 valence electrons. The number of nitrogens with zero attached hydrogens (tertiary/aromatic N) is 2. The third-order valence-electron chi connectivity index (χ3n) is 2.05. The van der Waals surface area contributed by atoms with Crippen LogP contribution in [-0.4, -0.2) is 37.1 Å². The highest BCUT2D eigenvalue weighted by molar-refractivity contribution is 9.11. The average Bonchev–Trinajstić information content (AvgIpc) is 2.19. The van der Waals surface area contributed by atoms with E-state index in [-0.39, 0.29) is 12.4 Å². The van der Waals surface area contributed by atoms with E-state index in [0.29, 0.717) is 0 Å². The lowest BCUT2D eigenvalue weighted by Crippen LogP contribution is -2.27. The van der Waals surface area contributed by atoms with E-state index in [1.807, 2.05) is 19.3 Å². The molecule has 6 heteroatoms. The molecule has 0 aromatic carbocycles. The number of nitrogens with one attached hydrogen (secondary N) is 1. The van der Waals surface area contributed by atoms with E-state index in [1.54, 1.807) is 0 Å². The molecule has 0 saturated carbocycles. The number of hydrogen-bond donors (Lipinski definition) is 1. The first kappa shape index (κ1) is 16.3. The average molecular weight is 374 g/mol. The SMILES string of the molecule is CNCCN(C)Cc1ncc(Br)cc1Br.Cl. The van der Waals surface area contributed by atoms with Crippen molar-refractivity contribution in [2.45, 2.75) is 6.54 Å². The van der Waals surface area contributed by atoms with Crippen molar-refractivity contribution in [1.29, 1.82) is 0 Å². The topological polar surface area (TPSA) is 28.2 Å². The van der Waals surface area contributed by atoms with Gasteiger partial charge in [-0.15, -0.1) is 12.4 Å². The molecule has 0 aliphatic heterocycles. The van der Waals surface area contributed by atoms with Gasteiger partial charge in [0.15, 0.2) is 0 Å². The van der Waals surface area contributed by atoms with Crippen LogP contribution in [0.5, 0.6) is 0 Å². The molecular weight excluding hydrogens is 357 g/mol. The summed E-state index contributed by atoms with van der Waals surface area (Å²) >= 11 is 6.90. The Kier molecular flexibility index (Phi) is 8.58. The molecule has 1 rings (SSSR count). The van der Waals surface area contributed by atoms with Crippen LogP contribution in [0.1, 0.15) is 5.69 Å². The Hall–Kier alpha value is 0.320. The number of likely N-dealkylation sites (N-methyl/N-ethyl adjacent to an activating group) is 2. The van der Waals surface area contributed by atoms with Gasteiger partial charge in [-0.1, -0.05) is 0 Å². The molecule has 0 atom stereocenters. The Balaban J connectivity index is 0.00000225. The van der Waals surface area contributed by atoms with Crippen LogP contribution in [0.4, 0.5) is 0 Å². The van der Waals surface area contributed by atoms with E-state index in [2.05, 4.69) is 54.1 Å². The molecule has 0 radical (unpaired) electrons. The number of hydrogen-bond acceptors (Lipinski definition) is 3. The van der Waals surface area contributed by atoms with Crippen molar-refractivity contribution in [3.05, 3.63) is 26.9 Å². The van der Waals surface area contributed by atoms with Crippen LogP contribution in [-0.2, 0) is 6.54 Å². The zero-order valence-corrected chi connectivity index (χ0v) is 13.3. The zero-order valence-electron chi connectivity index (χ0n) is 9.33. The summed E-state index contributed by atoms with van der Waals surface area (Å²) in [6.45, 7) is 2.86. The highest BCUT2D eigenvalue weighted by Gasteiger charge is 2.05. The maximum absolute atomic E-state index is 4.37. The largest absolute Gasteiger partial charge is 0.318 e. The van der Waals surface area contributed by atoms with E-state index >= 15 is 0 Å². The van der Waals surface area contributed by atoms with Crippen molar-refractivity contribution in [3.8, 4) is 0 Å². The van der Waals surface area contributed by atoms with E-state index in [1.165, 1.54) is 0 Å². The van der Waals surface area contributed by atoms with Crippen molar-refractivity contribution in [1.82, 2.24) is 15.2 Å². The number of halogens is 3. The first-order valence-electron chi connectivity index (χ1n) is 4.76. The van der Waals surface area contributed by atoms with Gasteiger partial charge in [-0.3, -0.25) is 9.88 Å². The van der Waals surface area contributed by atoms with Crippen LogP contribution >= 0.6 is 44.3 Å². The summed E-state index contributed by atoms with van der Waals surface area (Å²) in [6.07, 6.45) is 1.83. The second kappa shape index (κ2) is 8.42. The monoisotopic (exact) mass is 371 g/mol. The molecular formula is C10H16Br2ClN3. The number of aromatic nitrogens is 1. The smallest absolute Gasteiger partial charge is 0.0686 e. The maximum atomic E-state index is 4.37. The van der Waals surface area contributed by atoms with Crippen LogP contribution in [0.3, 0.4) is 0 Å². The predicted octanol–water partition coefficient (Wildman–Crippen LogP) is 2.68.